The van der Waals surface area contributed by atoms with Crippen LogP contribution in [0, 0.1) is 5.92 Å². The van der Waals surface area contributed by atoms with Crippen molar-refractivity contribution in [2.75, 3.05) is 0 Å². The summed E-state index contributed by atoms with van der Waals surface area (Å²) in [6.45, 7) is 5.36. The molecule has 0 aromatic carbocycles. The number of amides is 1. The van der Waals surface area contributed by atoms with Gasteiger partial charge in [-0.2, -0.15) is 0 Å². The molecule has 1 aliphatic carbocycles. The van der Waals surface area contributed by atoms with Gasteiger partial charge in [-0.05, 0) is 46.0 Å². The predicted molar refractivity (Wildman–Crippen MR) is 60.6 cm³/mol. The summed E-state index contributed by atoms with van der Waals surface area (Å²) in [6, 6.07) is -0.639. The number of hydrogen-bond donors (Lipinski definition) is 1. The lowest BCUT2D eigenvalue weighted by molar-refractivity contribution is -0.144. The molecular formula is C12H19NO4. The fourth-order valence-electron chi connectivity index (χ4n) is 2.88. The van der Waals surface area contributed by atoms with Crippen molar-refractivity contribution >= 4 is 12.1 Å². The van der Waals surface area contributed by atoms with Gasteiger partial charge in [0.25, 0.3) is 0 Å². The van der Waals surface area contributed by atoms with Crippen LogP contribution in [0.25, 0.3) is 0 Å². The lowest BCUT2D eigenvalue weighted by atomic mass is 9.99. The van der Waals surface area contributed by atoms with E-state index >= 15 is 0 Å². The Labute approximate surface area is 101 Å². The summed E-state index contributed by atoms with van der Waals surface area (Å²) >= 11 is 0. The lowest BCUT2D eigenvalue weighted by Gasteiger charge is -2.34. The summed E-state index contributed by atoms with van der Waals surface area (Å²) in [5.74, 6) is -0.812. The first kappa shape index (κ1) is 12.2. The molecule has 2 fully saturated rings. The van der Waals surface area contributed by atoms with Gasteiger partial charge in [-0.25, -0.2) is 9.59 Å². The van der Waals surface area contributed by atoms with Crippen LogP contribution in [0.2, 0.25) is 0 Å². The van der Waals surface area contributed by atoms with Crippen LogP contribution >= 0.6 is 0 Å². The molecule has 1 unspecified atom stereocenters. The van der Waals surface area contributed by atoms with Gasteiger partial charge in [0.2, 0.25) is 0 Å². The summed E-state index contributed by atoms with van der Waals surface area (Å²) in [7, 11) is 0. The molecule has 0 aromatic heterocycles. The Morgan fingerprint density at radius 3 is 2.47 bits per heavy atom. The normalized spacial score (nSPS) is 31.7. The van der Waals surface area contributed by atoms with Crippen LogP contribution in [0.5, 0.6) is 0 Å². The average Bonchev–Trinajstić information content (AvgIpc) is 2.72. The van der Waals surface area contributed by atoms with Gasteiger partial charge in [0, 0.05) is 6.04 Å². The zero-order valence-electron chi connectivity index (χ0n) is 10.5. The van der Waals surface area contributed by atoms with Crippen LogP contribution in [0.4, 0.5) is 4.79 Å². The quantitative estimate of drug-likeness (QED) is 0.761. The van der Waals surface area contributed by atoms with Crippen molar-refractivity contribution in [2.24, 2.45) is 5.92 Å². The van der Waals surface area contributed by atoms with Gasteiger partial charge in [-0.3, -0.25) is 4.90 Å². The van der Waals surface area contributed by atoms with Gasteiger partial charge in [0.05, 0.1) is 0 Å². The zero-order chi connectivity index (χ0) is 12.8. The minimum atomic E-state index is -0.914. The van der Waals surface area contributed by atoms with Gasteiger partial charge in [0.15, 0.2) is 0 Å². The van der Waals surface area contributed by atoms with E-state index in [9.17, 15) is 14.7 Å². The van der Waals surface area contributed by atoms with E-state index in [0.717, 1.165) is 19.3 Å². The molecule has 1 aliphatic heterocycles. The highest BCUT2D eigenvalue weighted by Gasteiger charge is 2.52. The Balaban J connectivity index is 2.14. The van der Waals surface area contributed by atoms with Gasteiger partial charge in [0.1, 0.15) is 11.6 Å². The lowest BCUT2D eigenvalue weighted by Crippen LogP contribution is -2.50. The highest BCUT2D eigenvalue weighted by atomic mass is 16.6. The number of hydrogen-bond acceptors (Lipinski definition) is 3. The topological polar surface area (TPSA) is 66.8 Å². The molecule has 1 saturated carbocycles. The number of rotatable bonds is 1. The monoisotopic (exact) mass is 241 g/mol. The van der Waals surface area contributed by atoms with Crippen LogP contribution in [0.1, 0.15) is 40.0 Å². The van der Waals surface area contributed by atoms with Gasteiger partial charge in [-0.1, -0.05) is 0 Å². The van der Waals surface area contributed by atoms with E-state index in [-0.39, 0.29) is 12.0 Å². The molecule has 1 N–H and O–H groups in total. The first-order chi connectivity index (χ1) is 7.79. The maximum atomic E-state index is 12.0. The molecule has 5 heteroatoms. The van der Waals surface area contributed by atoms with Gasteiger partial charge >= 0.3 is 12.1 Å². The fraction of sp³-hybridized carbons (Fsp3) is 0.833. The van der Waals surface area contributed by atoms with Crippen molar-refractivity contribution in [3.8, 4) is 0 Å². The van der Waals surface area contributed by atoms with Gasteiger partial charge in [-0.15, -0.1) is 0 Å². The van der Waals surface area contributed by atoms with E-state index in [2.05, 4.69) is 0 Å². The number of carboxylic acid groups (broad SMARTS) is 1. The number of carbonyl (C=O) groups is 2. The standard InChI is InChI=1S/C12H19NO4/c1-12(2,3)17-11(16)13-8-5-4-7(6-8)9(13)10(14)15/h7-9H,4-6H2,1-3H3,(H,14,15)/t7-,8+,9?/m0/s1. The molecule has 0 spiro atoms. The Bertz CT molecular complexity index is 347. The largest absolute Gasteiger partial charge is 0.480 e. The van der Waals surface area contributed by atoms with E-state index in [1.807, 2.05) is 0 Å². The molecule has 1 amide bonds. The number of likely N-dealkylation sites (tertiary alicyclic amines) is 1. The van der Waals surface area contributed by atoms with Crippen molar-refractivity contribution in [2.45, 2.75) is 57.7 Å². The molecule has 2 aliphatic rings. The number of nitrogens with zero attached hydrogens (tertiary/aromatic N) is 1. The summed E-state index contributed by atoms with van der Waals surface area (Å²) in [4.78, 5) is 24.7. The number of ether oxygens (including phenoxy) is 1. The zero-order valence-corrected chi connectivity index (χ0v) is 10.5. The second-order valence-corrected chi connectivity index (χ2v) is 5.90. The van der Waals surface area contributed by atoms with Crippen LogP contribution in [-0.4, -0.2) is 39.8 Å². The Morgan fingerprint density at radius 1 is 1.29 bits per heavy atom. The molecule has 1 saturated heterocycles. The van der Waals surface area contributed by atoms with Crippen molar-refractivity contribution in [1.29, 1.82) is 0 Å². The molecule has 0 aromatic rings. The maximum absolute atomic E-state index is 12.0. The highest BCUT2D eigenvalue weighted by molar-refractivity contribution is 5.82. The van der Waals surface area contributed by atoms with Crippen molar-refractivity contribution in [3.05, 3.63) is 0 Å². The van der Waals surface area contributed by atoms with E-state index in [0.29, 0.717) is 0 Å². The van der Waals surface area contributed by atoms with Gasteiger partial charge < -0.3 is 9.84 Å². The second kappa shape index (κ2) is 3.89. The van der Waals surface area contributed by atoms with Crippen molar-refractivity contribution in [3.63, 3.8) is 0 Å². The SMILES string of the molecule is CC(C)(C)OC(=O)N1C(C(=O)O)[C@H]2CC[C@@H]1C2. The smallest absolute Gasteiger partial charge is 0.411 e. The number of carboxylic acids is 1. The molecule has 17 heavy (non-hydrogen) atoms. The maximum Gasteiger partial charge on any atom is 0.411 e. The molecule has 0 radical (unpaired) electrons. The third kappa shape index (κ3) is 2.23. The van der Waals surface area contributed by atoms with Crippen LogP contribution in [0.3, 0.4) is 0 Å². The number of fused-ring (bicyclic) bond motifs is 2. The average molecular weight is 241 g/mol. The summed E-state index contributed by atoms with van der Waals surface area (Å²) in [5.41, 5.74) is -0.581. The van der Waals surface area contributed by atoms with E-state index < -0.39 is 23.7 Å². The van der Waals surface area contributed by atoms with E-state index in [1.165, 1.54) is 4.90 Å². The molecular weight excluding hydrogens is 222 g/mol. The minimum absolute atomic E-state index is 0.0518. The summed E-state index contributed by atoms with van der Waals surface area (Å²) in [6.07, 6.45) is 2.11. The summed E-state index contributed by atoms with van der Waals surface area (Å²) in [5, 5.41) is 9.20. The predicted octanol–water partition coefficient (Wildman–Crippen LogP) is 1.86. The third-order valence-corrected chi connectivity index (χ3v) is 3.44. The van der Waals surface area contributed by atoms with E-state index in [1.54, 1.807) is 20.8 Å². The van der Waals surface area contributed by atoms with Crippen molar-refractivity contribution in [1.82, 2.24) is 4.90 Å². The molecule has 96 valence electrons. The second-order valence-electron chi connectivity index (χ2n) is 5.90. The first-order valence-electron chi connectivity index (χ1n) is 6.04. The Morgan fingerprint density at radius 2 is 1.94 bits per heavy atom. The molecule has 5 nitrogen and oxygen atoms in total. The Hall–Kier alpha value is -1.26. The van der Waals surface area contributed by atoms with Crippen LogP contribution in [0.15, 0.2) is 0 Å². The van der Waals surface area contributed by atoms with E-state index in [4.69, 9.17) is 4.74 Å². The number of aliphatic carboxylic acids is 1. The highest BCUT2D eigenvalue weighted by Crippen LogP contribution is 2.43. The van der Waals surface area contributed by atoms with Crippen LogP contribution in [-0.2, 0) is 9.53 Å². The molecule has 2 rings (SSSR count). The number of piperidine rings is 1. The molecule has 1 heterocycles. The third-order valence-electron chi connectivity index (χ3n) is 3.44. The first-order valence-corrected chi connectivity index (χ1v) is 6.04. The Kier molecular flexibility index (Phi) is 2.79. The van der Waals surface area contributed by atoms with Crippen LogP contribution < -0.4 is 0 Å². The van der Waals surface area contributed by atoms with Crippen molar-refractivity contribution < 1.29 is 19.4 Å². The number of carbonyl (C=O) groups excluding carboxylic acids is 1. The summed E-state index contributed by atoms with van der Waals surface area (Å²) < 4.78 is 5.28. The fourth-order valence-corrected chi connectivity index (χ4v) is 2.88. The molecule has 3 atom stereocenters. The minimum Gasteiger partial charge on any atom is -0.480 e. The molecule has 2 bridgehead atoms.